The molecule has 0 saturated carbocycles. The van der Waals surface area contributed by atoms with Crippen molar-refractivity contribution in [2.75, 3.05) is 0 Å². The minimum absolute atomic E-state index is 0.438. The zero-order valence-corrected chi connectivity index (χ0v) is 9.94. The quantitative estimate of drug-likeness (QED) is 0.849. The van der Waals surface area contributed by atoms with Gasteiger partial charge in [-0.3, -0.25) is 0 Å². The first-order valence-corrected chi connectivity index (χ1v) is 6.45. The molecular formula is C6H3BrClF2NO3S. The molecule has 0 saturated heterocycles. The number of nitrogens with zero attached hydrogens (tertiary/aromatic N) is 1. The molecule has 1 aromatic heterocycles. The van der Waals surface area contributed by atoms with E-state index in [1.54, 1.807) is 0 Å². The Balaban J connectivity index is 3.62. The van der Waals surface area contributed by atoms with Crippen LogP contribution in [0.2, 0.25) is 0 Å². The fraction of sp³-hybridized carbons (Fsp3) is 0.167. The fourth-order valence-corrected chi connectivity index (χ4v) is 2.46. The van der Waals surface area contributed by atoms with Crippen LogP contribution < -0.4 is 0 Å². The Morgan fingerprint density at radius 3 is 2.47 bits per heavy atom. The first kappa shape index (κ1) is 12.6. The summed E-state index contributed by atoms with van der Waals surface area (Å²) >= 11 is 2.63. The van der Waals surface area contributed by atoms with Crippen LogP contribution >= 0.6 is 26.6 Å². The second kappa shape index (κ2) is 4.18. The van der Waals surface area contributed by atoms with Crippen molar-refractivity contribution < 1.29 is 22.3 Å². The first-order chi connectivity index (χ1) is 6.75. The van der Waals surface area contributed by atoms with Crippen molar-refractivity contribution in [1.82, 2.24) is 4.98 Å². The zero-order valence-electron chi connectivity index (χ0n) is 6.79. The van der Waals surface area contributed by atoms with Gasteiger partial charge in [-0.25, -0.2) is 22.2 Å². The van der Waals surface area contributed by atoms with E-state index in [-0.39, 0.29) is 0 Å². The van der Waals surface area contributed by atoms with Crippen LogP contribution in [0.4, 0.5) is 8.78 Å². The highest BCUT2D eigenvalue weighted by molar-refractivity contribution is 9.10. The van der Waals surface area contributed by atoms with E-state index in [1.807, 2.05) is 0 Å². The van der Waals surface area contributed by atoms with Gasteiger partial charge in [0.1, 0.15) is 5.75 Å². The Kier molecular flexibility index (Phi) is 3.51. The van der Waals surface area contributed by atoms with Crippen LogP contribution in [0, 0.1) is 0 Å². The molecule has 0 aliphatic rings. The van der Waals surface area contributed by atoms with Crippen LogP contribution in [0.3, 0.4) is 0 Å². The summed E-state index contributed by atoms with van der Waals surface area (Å²) in [6, 6.07) is 0. The van der Waals surface area contributed by atoms with Crippen LogP contribution in [0.25, 0.3) is 0 Å². The Morgan fingerprint density at radius 2 is 2.07 bits per heavy atom. The number of pyridine rings is 1. The third-order valence-electron chi connectivity index (χ3n) is 1.45. The van der Waals surface area contributed by atoms with Crippen LogP contribution in [0.15, 0.2) is 15.7 Å². The average molecular weight is 323 g/mol. The van der Waals surface area contributed by atoms with Gasteiger partial charge in [0.15, 0.2) is 5.03 Å². The number of aromatic nitrogens is 1. The third-order valence-corrected chi connectivity index (χ3v) is 3.50. The van der Waals surface area contributed by atoms with Gasteiger partial charge in [-0.05, 0) is 15.9 Å². The number of alkyl halides is 2. The van der Waals surface area contributed by atoms with E-state index in [9.17, 15) is 17.2 Å². The summed E-state index contributed by atoms with van der Waals surface area (Å²) in [7, 11) is 0.528. The number of hydrogen-bond acceptors (Lipinski definition) is 4. The molecule has 0 radical (unpaired) electrons. The van der Waals surface area contributed by atoms with Gasteiger partial charge in [-0.1, -0.05) is 0 Å². The highest BCUT2D eigenvalue weighted by Crippen LogP contribution is 2.37. The van der Waals surface area contributed by atoms with Gasteiger partial charge in [-0.2, -0.15) is 0 Å². The predicted octanol–water partition coefficient (Wildman–Crippen LogP) is 2.41. The molecule has 1 N–H and O–H groups in total. The third kappa shape index (κ3) is 2.56. The second-order valence-corrected chi connectivity index (χ2v) is 5.69. The van der Waals surface area contributed by atoms with E-state index in [2.05, 4.69) is 20.9 Å². The minimum Gasteiger partial charge on any atom is -0.505 e. The van der Waals surface area contributed by atoms with E-state index in [0.717, 1.165) is 0 Å². The molecule has 1 aromatic rings. The largest absolute Gasteiger partial charge is 0.505 e. The summed E-state index contributed by atoms with van der Waals surface area (Å²) in [5.74, 6) is -0.589. The molecule has 0 unspecified atom stereocenters. The molecule has 1 rings (SSSR count). The lowest BCUT2D eigenvalue weighted by Crippen LogP contribution is -2.03. The van der Waals surface area contributed by atoms with Gasteiger partial charge in [-0.15, -0.1) is 0 Å². The Morgan fingerprint density at radius 1 is 1.53 bits per heavy atom. The van der Waals surface area contributed by atoms with Crippen molar-refractivity contribution in [2.24, 2.45) is 0 Å². The average Bonchev–Trinajstić information content (AvgIpc) is 2.06. The summed E-state index contributed by atoms with van der Waals surface area (Å²) in [6.45, 7) is 0. The van der Waals surface area contributed by atoms with Gasteiger partial charge in [0.05, 0.1) is 16.2 Å². The second-order valence-electron chi connectivity index (χ2n) is 2.41. The first-order valence-electron chi connectivity index (χ1n) is 3.35. The molecule has 9 heteroatoms. The van der Waals surface area contributed by atoms with Gasteiger partial charge in [0.25, 0.3) is 15.5 Å². The highest BCUT2D eigenvalue weighted by Gasteiger charge is 2.27. The highest BCUT2D eigenvalue weighted by atomic mass is 79.9. The summed E-state index contributed by atoms with van der Waals surface area (Å²) in [5.41, 5.74) is -0.954. The molecule has 84 valence electrons. The molecule has 0 aliphatic carbocycles. The lowest BCUT2D eigenvalue weighted by molar-refractivity contribution is 0.145. The van der Waals surface area contributed by atoms with Crippen molar-refractivity contribution in [3.05, 3.63) is 16.2 Å². The van der Waals surface area contributed by atoms with Crippen LogP contribution in [-0.4, -0.2) is 18.5 Å². The number of hydrogen-bond donors (Lipinski definition) is 1. The molecule has 0 amide bonds. The van der Waals surface area contributed by atoms with Gasteiger partial charge in [0, 0.05) is 10.7 Å². The number of rotatable bonds is 2. The van der Waals surface area contributed by atoms with Crippen LogP contribution in [-0.2, 0) is 9.05 Å². The maximum atomic E-state index is 12.5. The lowest BCUT2D eigenvalue weighted by atomic mass is 10.3. The predicted molar refractivity (Wildman–Crippen MR) is 51.6 cm³/mol. The number of halogens is 4. The standard InChI is InChI=1S/C6H3BrClF2NO3S/c7-4-2(12)1-11-6(15(8,13)14)3(4)5(9)10/h1,5,12H. The normalized spacial score (nSPS) is 12.1. The molecule has 0 aromatic carbocycles. The van der Waals surface area contributed by atoms with Crippen molar-refractivity contribution in [3.8, 4) is 5.75 Å². The monoisotopic (exact) mass is 321 g/mol. The molecule has 0 spiro atoms. The Hall–Kier alpha value is -0.470. The maximum Gasteiger partial charge on any atom is 0.279 e. The molecule has 15 heavy (non-hydrogen) atoms. The molecule has 0 fully saturated rings. The van der Waals surface area contributed by atoms with E-state index in [0.29, 0.717) is 6.20 Å². The molecule has 0 aliphatic heterocycles. The van der Waals surface area contributed by atoms with E-state index in [1.165, 1.54) is 0 Å². The van der Waals surface area contributed by atoms with Crippen LogP contribution in [0.5, 0.6) is 5.75 Å². The topological polar surface area (TPSA) is 67.3 Å². The van der Waals surface area contributed by atoms with Crippen molar-refractivity contribution >= 4 is 35.7 Å². The van der Waals surface area contributed by atoms with Crippen LogP contribution in [0.1, 0.15) is 12.0 Å². The van der Waals surface area contributed by atoms with Gasteiger partial charge >= 0.3 is 0 Å². The lowest BCUT2D eigenvalue weighted by Gasteiger charge is -2.08. The summed E-state index contributed by atoms with van der Waals surface area (Å²) < 4.78 is 46.3. The van der Waals surface area contributed by atoms with Crippen molar-refractivity contribution in [3.63, 3.8) is 0 Å². The Labute approximate surface area is 96.4 Å². The minimum atomic E-state index is -4.38. The fourth-order valence-electron chi connectivity index (χ4n) is 0.861. The molecule has 0 atom stereocenters. The van der Waals surface area contributed by atoms with Gasteiger partial charge in [0.2, 0.25) is 0 Å². The number of aromatic hydroxyl groups is 1. The van der Waals surface area contributed by atoms with Crippen molar-refractivity contribution in [2.45, 2.75) is 11.5 Å². The maximum absolute atomic E-state index is 12.5. The smallest absolute Gasteiger partial charge is 0.279 e. The van der Waals surface area contributed by atoms with Gasteiger partial charge < -0.3 is 5.11 Å². The molecular weight excluding hydrogens is 319 g/mol. The molecule has 0 bridgehead atoms. The van der Waals surface area contributed by atoms with E-state index < -0.39 is 36.3 Å². The summed E-state index contributed by atoms with van der Waals surface area (Å²) in [6.07, 6.45) is -2.41. The summed E-state index contributed by atoms with van der Waals surface area (Å²) in [5, 5.41) is 8.09. The SMILES string of the molecule is O=S(=O)(Cl)c1ncc(O)c(Br)c1C(F)F. The van der Waals surface area contributed by atoms with Crippen molar-refractivity contribution in [1.29, 1.82) is 0 Å². The van der Waals surface area contributed by atoms with E-state index >= 15 is 0 Å². The molecule has 1 heterocycles. The van der Waals surface area contributed by atoms with E-state index in [4.69, 9.17) is 15.8 Å². The zero-order chi connectivity index (χ0) is 11.8. The summed E-state index contributed by atoms with van der Waals surface area (Å²) in [4.78, 5) is 3.15. The Bertz CT molecular complexity index is 493. The molecule has 4 nitrogen and oxygen atoms in total.